The van der Waals surface area contributed by atoms with E-state index in [0.717, 1.165) is 51.4 Å². The first-order valence-electron chi connectivity index (χ1n) is 16.1. The van der Waals surface area contributed by atoms with Crippen LogP contribution in [0.1, 0.15) is 177 Å². The van der Waals surface area contributed by atoms with Crippen molar-refractivity contribution in [3.05, 3.63) is 35.4 Å². The van der Waals surface area contributed by atoms with E-state index < -0.39 is 11.9 Å². The van der Waals surface area contributed by atoms with E-state index >= 15 is 0 Å². The lowest BCUT2D eigenvalue weighted by Crippen LogP contribution is -2.23. The minimum Gasteiger partial charge on any atom is -0.459 e. The van der Waals surface area contributed by atoms with Gasteiger partial charge in [-0.05, 0) is 50.7 Å². The van der Waals surface area contributed by atoms with Gasteiger partial charge in [-0.25, -0.2) is 9.59 Å². The highest BCUT2D eigenvalue weighted by atomic mass is 16.5. The maximum absolute atomic E-state index is 13.2. The largest absolute Gasteiger partial charge is 0.459 e. The maximum atomic E-state index is 13.2. The van der Waals surface area contributed by atoms with Gasteiger partial charge in [0.05, 0.1) is 11.1 Å². The molecule has 1 aromatic rings. The maximum Gasteiger partial charge on any atom is 0.339 e. The van der Waals surface area contributed by atoms with Gasteiger partial charge in [0.1, 0.15) is 12.2 Å². The first-order chi connectivity index (χ1) is 18.6. The molecule has 0 heterocycles. The van der Waals surface area contributed by atoms with Gasteiger partial charge in [0.15, 0.2) is 0 Å². The molecule has 0 bridgehead atoms. The number of hydrogen-bond acceptors (Lipinski definition) is 4. The normalized spacial score (nSPS) is 12.7. The average Bonchev–Trinajstić information content (AvgIpc) is 2.92. The Kier molecular flexibility index (Phi) is 20.8. The summed E-state index contributed by atoms with van der Waals surface area (Å²) < 4.78 is 11.9. The van der Waals surface area contributed by atoms with Gasteiger partial charge in [0.2, 0.25) is 0 Å². The van der Waals surface area contributed by atoms with Crippen molar-refractivity contribution in [1.29, 1.82) is 0 Å². The van der Waals surface area contributed by atoms with Crippen LogP contribution in [0.4, 0.5) is 0 Å². The molecule has 0 saturated heterocycles. The van der Waals surface area contributed by atoms with E-state index in [1.807, 2.05) is 0 Å². The highest BCUT2D eigenvalue weighted by Gasteiger charge is 2.24. The van der Waals surface area contributed by atoms with Gasteiger partial charge >= 0.3 is 11.9 Å². The summed E-state index contributed by atoms with van der Waals surface area (Å²) in [6.07, 6.45) is 22.6. The molecule has 1 rings (SSSR count). The number of hydrogen-bond donors (Lipinski definition) is 0. The van der Waals surface area contributed by atoms with Gasteiger partial charge in [0, 0.05) is 0 Å². The van der Waals surface area contributed by atoms with E-state index in [0.29, 0.717) is 11.1 Å². The summed E-state index contributed by atoms with van der Waals surface area (Å²) in [5.74, 6) is -0.809. The lowest BCUT2D eigenvalue weighted by atomic mass is 10.0. The molecule has 0 aromatic heterocycles. The molecule has 0 aliphatic heterocycles. The summed E-state index contributed by atoms with van der Waals surface area (Å²) >= 11 is 0. The Hall–Kier alpha value is -1.84. The summed E-state index contributed by atoms with van der Waals surface area (Å²) in [5, 5.41) is 0. The van der Waals surface area contributed by atoms with Gasteiger partial charge < -0.3 is 9.47 Å². The Morgan fingerprint density at radius 1 is 0.500 bits per heavy atom. The number of benzene rings is 1. The Balaban J connectivity index is 2.64. The molecule has 0 amide bonds. The number of carbonyl (C=O) groups is 2. The van der Waals surface area contributed by atoms with Crippen LogP contribution in [-0.2, 0) is 9.47 Å². The van der Waals surface area contributed by atoms with Crippen molar-refractivity contribution in [1.82, 2.24) is 0 Å². The van der Waals surface area contributed by atoms with Crippen molar-refractivity contribution in [3.63, 3.8) is 0 Å². The fraction of sp³-hybridized carbons (Fsp3) is 0.765. The Morgan fingerprint density at radius 3 is 1.18 bits per heavy atom. The first kappa shape index (κ1) is 34.2. The summed E-state index contributed by atoms with van der Waals surface area (Å²) in [4.78, 5) is 26.3. The Bertz CT molecular complexity index is 668. The van der Waals surface area contributed by atoms with E-state index in [2.05, 4.69) is 27.7 Å². The Labute approximate surface area is 234 Å². The molecule has 1 aromatic carbocycles. The molecule has 0 radical (unpaired) electrons. The van der Waals surface area contributed by atoms with Crippen LogP contribution in [0.25, 0.3) is 0 Å². The second-order valence-corrected chi connectivity index (χ2v) is 11.0. The predicted octanol–water partition coefficient (Wildman–Crippen LogP) is 10.6. The van der Waals surface area contributed by atoms with Crippen LogP contribution in [0.3, 0.4) is 0 Å². The average molecular weight is 531 g/mol. The Morgan fingerprint density at radius 2 is 0.842 bits per heavy atom. The van der Waals surface area contributed by atoms with Gasteiger partial charge in [-0.1, -0.05) is 130 Å². The second-order valence-electron chi connectivity index (χ2n) is 11.0. The molecule has 0 saturated carbocycles. The van der Waals surface area contributed by atoms with Gasteiger partial charge in [-0.2, -0.15) is 0 Å². The number of unbranched alkanes of at least 4 members (excludes halogenated alkanes) is 12. The van der Waals surface area contributed by atoms with Crippen molar-refractivity contribution >= 4 is 11.9 Å². The first-order valence-corrected chi connectivity index (χ1v) is 16.1. The second kappa shape index (κ2) is 23.1. The predicted molar refractivity (Wildman–Crippen MR) is 160 cm³/mol. The smallest absolute Gasteiger partial charge is 0.339 e. The zero-order valence-corrected chi connectivity index (χ0v) is 25.2. The van der Waals surface area contributed by atoms with Crippen LogP contribution < -0.4 is 0 Å². The van der Waals surface area contributed by atoms with Gasteiger partial charge in [-0.3, -0.25) is 0 Å². The van der Waals surface area contributed by atoms with Crippen LogP contribution in [0.2, 0.25) is 0 Å². The van der Waals surface area contributed by atoms with Gasteiger partial charge in [-0.15, -0.1) is 0 Å². The minimum absolute atomic E-state index is 0.0996. The third kappa shape index (κ3) is 15.5. The number of rotatable bonds is 24. The van der Waals surface area contributed by atoms with Crippen LogP contribution >= 0.6 is 0 Å². The number of esters is 2. The van der Waals surface area contributed by atoms with Crippen molar-refractivity contribution in [2.24, 2.45) is 0 Å². The molecule has 0 fully saturated rings. The van der Waals surface area contributed by atoms with Crippen molar-refractivity contribution in [2.45, 2.75) is 168 Å². The number of carbonyl (C=O) groups excluding carboxylic acids is 2. The van der Waals surface area contributed by atoms with Crippen LogP contribution in [0.15, 0.2) is 24.3 Å². The molecule has 2 unspecified atom stereocenters. The quantitative estimate of drug-likeness (QED) is 0.0985. The summed E-state index contributed by atoms with van der Waals surface area (Å²) in [7, 11) is 0. The zero-order chi connectivity index (χ0) is 27.8. The van der Waals surface area contributed by atoms with Crippen molar-refractivity contribution < 1.29 is 19.1 Å². The lowest BCUT2D eigenvalue weighted by Gasteiger charge is -2.20. The third-order valence-corrected chi connectivity index (χ3v) is 7.39. The van der Waals surface area contributed by atoms with E-state index in [9.17, 15) is 9.59 Å². The van der Waals surface area contributed by atoms with Crippen LogP contribution in [0.5, 0.6) is 0 Å². The minimum atomic E-state index is -0.405. The topological polar surface area (TPSA) is 52.6 Å². The fourth-order valence-corrected chi connectivity index (χ4v) is 5.10. The highest BCUT2D eigenvalue weighted by Crippen LogP contribution is 2.21. The zero-order valence-electron chi connectivity index (χ0n) is 25.2. The lowest BCUT2D eigenvalue weighted by molar-refractivity contribution is 0.0205. The molecule has 0 spiro atoms. The molecular formula is C34H58O4. The van der Waals surface area contributed by atoms with E-state index in [1.165, 1.54) is 77.0 Å². The summed E-state index contributed by atoms with van der Waals surface area (Å²) in [5.41, 5.74) is 0.647. The van der Waals surface area contributed by atoms with Crippen LogP contribution in [-0.4, -0.2) is 24.1 Å². The van der Waals surface area contributed by atoms with E-state index in [-0.39, 0.29) is 12.2 Å². The standard InChI is InChI=1S/C34H58O4/c1-5-9-11-13-15-17-19-25-29(23-7-3)37-33(35)31-27-21-22-28-32(31)34(36)38-30(24-8-4)26-20-18-16-14-12-10-6-2/h21-22,27-30H,5-20,23-26H2,1-4H3. The number of ether oxygens (including phenoxy) is 2. The monoisotopic (exact) mass is 530 g/mol. The van der Waals surface area contributed by atoms with Crippen LogP contribution in [0, 0.1) is 0 Å². The SMILES string of the molecule is CCCCCCCCCC(CCC)OC(=O)c1ccccc1C(=O)OC(CCC)CCCCCCCCC. The van der Waals surface area contributed by atoms with Gasteiger partial charge in [0.25, 0.3) is 0 Å². The third-order valence-electron chi connectivity index (χ3n) is 7.39. The summed E-state index contributed by atoms with van der Waals surface area (Å²) in [6, 6.07) is 6.97. The van der Waals surface area contributed by atoms with E-state index in [1.54, 1.807) is 24.3 Å². The van der Waals surface area contributed by atoms with E-state index in [4.69, 9.17) is 9.47 Å². The molecule has 218 valence electrons. The molecule has 0 N–H and O–H groups in total. The molecule has 2 atom stereocenters. The van der Waals surface area contributed by atoms with Crippen molar-refractivity contribution in [2.75, 3.05) is 0 Å². The molecule has 4 heteroatoms. The molecule has 0 aliphatic rings. The molecular weight excluding hydrogens is 472 g/mol. The fourth-order valence-electron chi connectivity index (χ4n) is 5.10. The van der Waals surface area contributed by atoms with Crippen molar-refractivity contribution in [3.8, 4) is 0 Å². The highest BCUT2D eigenvalue weighted by molar-refractivity contribution is 6.03. The molecule has 4 nitrogen and oxygen atoms in total. The molecule has 0 aliphatic carbocycles. The molecule has 38 heavy (non-hydrogen) atoms. The summed E-state index contributed by atoms with van der Waals surface area (Å²) in [6.45, 7) is 8.72.